The van der Waals surface area contributed by atoms with E-state index in [4.69, 9.17) is 0 Å². The average Bonchev–Trinajstić information content (AvgIpc) is 2.42. The van der Waals surface area contributed by atoms with Gasteiger partial charge in [-0.1, -0.05) is 28.1 Å². The van der Waals surface area contributed by atoms with E-state index in [9.17, 15) is 13.6 Å². The normalized spacial score (nSPS) is 12.0. The second kappa shape index (κ2) is 6.13. The topological polar surface area (TPSA) is 29.1 Å². The summed E-state index contributed by atoms with van der Waals surface area (Å²) in [4.78, 5) is 11.9. The maximum absolute atomic E-state index is 13.1. The van der Waals surface area contributed by atoms with Crippen molar-refractivity contribution in [3.05, 3.63) is 69.7 Å². The van der Waals surface area contributed by atoms with Gasteiger partial charge in [0.2, 0.25) is 0 Å². The Bertz CT molecular complexity index is 628. The summed E-state index contributed by atoms with van der Waals surface area (Å²) in [6, 6.07) is 10.3. The molecule has 0 spiro atoms. The summed E-state index contributed by atoms with van der Waals surface area (Å²) in [5.74, 6) is -2.45. The molecule has 0 saturated carbocycles. The molecule has 2 rings (SSSR count). The number of hydrogen-bond donors (Lipinski definition) is 1. The van der Waals surface area contributed by atoms with Gasteiger partial charge in [0.15, 0.2) is 11.6 Å². The minimum absolute atomic E-state index is 0.0906. The molecule has 0 saturated heterocycles. The van der Waals surface area contributed by atoms with Crippen molar-refractivity contribution in [3.8, 4) is 0 Å². The maximum Gasteiger partial charge on any atom is 0.251 e. The Morgan fingerprint density at radius 1 is 1.10 bits per heavy atom. The molecule has 2 nitrogen and oxygen atoms in total. The van der Waals surface area contributed by atoms with Crippen LogP contribution in [-0.2, 0) is 0 Å². The van der Waals surface area contributed by atoms with E-state index in [1.54, 1.807) is 0 Å². The smallest absolute Gasteiger partial charge is 0.251 e. The number of carbonyl (C=O) groups excluding carboxylic acids is 1. The lowest BCUT2D eigenvalue weighted by Gasteiger charge is -2.14. The number of carbonyl (C=O) groups is 1. The molecule has 1 amide bonds. The quantitative estimate of drug-likeness (QED) is 0.891. The molecule has 0 aliphatic heterocycles. The van der Waals surface area contributed by atoms with Crippen LogP contribution in [0.3, 0.4) is 0 Å². The highest BCUT2D eigenvalue weighted by Crippen LogP contribution is 2.17. The third-order valence-electron chi connectivity index (χ3n) is 2.90. The first-order valence-electron chi connectivity index (χ1n) is 5.99. The molecule has 0 aliphatic carbocycles. The molecular weight excluding hydrogens is 328 g/mol. The van der Waals surface area contributed by atoms with E-state index in [-0.39, 0.29) is 11.6 Å². The van der Waals surface area contributed by atoms with Crippen LogP contribution in [0.4, 0.5) is 8.78 Å². The molecule has 0 fully saturated rings. The van der Waals surface area contributed by atoms with Crippen molar-refractivity contribution in [2.45, 2.75) is 13.0 Å². The zero-order chi connectivity index (χ0) is 14.7. The third kappa shape index (κ3) is 3.42. The molecule has 0 unspecified atom stereocenters. The summed E-state index contributed by atoms with van der Waals surface area (Å²) >= 11 is 3.33. The third-order valence-corrected chi connectivity index (χ3v) is 3.43. The first kappa shape index (κ1) is 14.7. The second-order valence-electron chi connectivity index (χ2n) is 4.38. The molecule has 0 aliphatic rings. The monoisotopic (exact) mass is 339 g/mol. The number of rotatable bonds is 3. The van der Waals surface area contributed by atoms with E-state index in [1.165, 1.54) is 6.07 Å². The van der Waals surface area contributed by atoms with Gasteiger partial charge in [-0.25, -0.2) is 8.78 Å². The van der Waals surface area contributed by atoms with Crippen molar-refractivity contribution in [1.82, 2.24) is 5.32 Å². The fourth-order valence-electron chi connectivity index (χ4n) is 1.75. The predicted molar refractivity (Wildman–Crippen MR) is 76.4 cm³/mol. The summed E-state index contributed by atoms with van der Waals surface area (Å²) in [5, 5.41) is 2.74. The molecule has 104 valence electrons. The van der Waals surface area contributed by atoms with Gasteiger partial charge in [0.1, 0.15) is 0 Å². The first-order valence-corrected chi connectivity index (χ1v) is 6.78. The van der Waals surface area contributed by atoms with Crippen molar-refractivity contribution in [2.24, 2.45) is 0 Å². The van der Waals surface area contributed by atoms with Gasteiger partial charge in [-0.15, -0.1) is 0 Å². The summed E-state index contributed by atoms with van der Waals surface area (Å²) in [7, 11) is 0. The summed E-state index contributed by atoms with van der Waals surface area (Å²) in [6.45, 7) is 1.82. The number of hydrogen-bond acceptors (Lipinski definition) is 1. The van der Waals surface area contributed by atoms with Crippen molar-refractivity contribution in [1.29, 1.82) is 0 Å². The highest BCUT2D eigenvalue weighted by atomic mass is 79.9. The first-order chi connectivity index (χ1) is 9.47. The van der Waals surface area contributed by atoms with Gasteiger partial charge in [0.25, 0.3) is 5.91 Å². The van der Waals surface area contributed by atoms with Crippen molar-refractivity contribution in [2.75, 3.05) is 0 Å². The van der Waals surface area contributed by atoms with Gasteiger partial charge in [0, 0.05) is 10.0 Å². The Hall–Kier alpha value is -1.75. The molecule has 0 radical (unpaired) electrons. The zero-order valence-corrected chi connectivity index (χ0v) is 12.2. The molecule has 1 N–H and O–H groups in total. The van der Waals surface area contributed by atoms with Gasteiger partial charge >= 0.3 is 0 Å². The van der Waals surface area contributed by atoms with E-state index < -0.39 is 17.5 Å². The Morgan fingerprint density at radius 3 is 2.35 bits per heavy atom. The standard InChI is InChI=1S/C15H12BrF2NO/c1-9(10-2-5-12(16)6-3-10)19-15(20)11-4-7-13(17)14(18)8-11/h2-9H,1H3,(H,19,20)/t9-/m0/s1. The van der Waals surface area contributed by atoms with Gasteiger partial charge in [-0.3, -0.25) is 4.79 Å². The van der Waals surface area contributed by atoms with Crippen molar-refractivity contribution in [3.63, 3.8) is 0 Å². The predicted octanol–water partition coefficient (Wildman–Crippen LogP) is 4.22. The van der Waals surface area contributed by atoms with Gasteiger partial charge in [-0.2, -0.15) is 0 Å². The minimum atomic E-state index is -1.03. The SMILES string of the molecule is C[C@H](NC(=O)c1ccc(F)c(F)c1)c1ccc(Br)cc1. The lowest BCUT2D eigenvalue weighted by atomic mass is 10.1. The van der Waals surface area contributed by atoms with Gasteiger partial charge in [0.05, 0.1) is 6.04 Å². The molecular formula is C15H12BrF2NO. The van der Waals surface area contributed by atoms with E-state index in [0.29, 0.717) is 0 Å². The summed E-state index contributed by atoms with van der Waals surface area (Å²) < 4.78 is 26.8. The van der Waals surface area contributed by atoms with Crippen LogP contribution in [0.15, 0.2) is 46.9 Å². The van der Waals surface area contributed by atoms with Crippen LogP contribution in [0.1, 0.15) is 28.9 Å². The van der Waals surface area contributed by atoms with Crippen molar-refractivity contribution < 1.29 is 13.6 Å². The molecule has 5 heteroatoms. The Labute approximate surface area is 123 Å². The van der Waals surface area contributed by atoms with E-state index in [0.717, 1.165) is 22.2 Å². The van der Waals surface area contributed by atoms with Crippen LogP contribution in [-0.4, -0.2) is 5.91 Å². The summed E-state index contributed by atoms with van der Waals surface area (Å²) in [6.07, 6.45) is 0. The van der Waals surface area contributed by atoms with E-state index in [1.807, 2.05) is 31.2 Å². The molecule has 2 aromatic carbocycles. The largest absolute Gasteiger partial charge is 0.346 e. The van der Waals surface area contributed by atoms with Crippen LogP contribution >= 0.6 is 15.9 Å². The van der Waals surface area contributed by atoms with Gasteiger partial charge < -0.3 is 5.32 Å². The van der Waals surface area contributed by atoms with Crippen LogP contribution in [0, 0.1) is 11.6 Å². The zero-order valence-electron chi connectivity index (χ0n) is 10.7. The maximum atomic E-state index is 13.1. The molecule has 0 aromatic heterocycles. The number of amides is 1. The fourth-order valence-corrected chi connectivity index (χ4v) is 2.02. The van der Waals surface area contributed by atoms with Crippen LogP contribution in [0.5, 0.6) is 0 Å². The molecule has 2 aromatic rings. The van der Waals surface area contributed by atoms with Crippen LogP contribution in [0.25, 0.3) is 0 Å². The Balaban J connectivity index is 2.10. The van der Waals surface area contributed by atoms with Crippen LogP contribution in [0.2, 0.25) is 0 Å². The average molecular weight is 340 g/mol. The highest BCUT2D eigenvalue weighted by molar-refractivity contribution is 9.10. The lowest BCUT2D eigenvalue weighted by molar-refractivity contribution is 0.0939. The number of nitrogens with one attached hydrogen (secondary N) is 1. The highest BCUT2D eigenvalue weighted by Gasteiger charge is 2.13. The summed E-state index contributed by atoms with van der Waals surface area (Å²) in [5.41, 5.74) is 1.01. The molecule has 20 heavy (non-hydrogen) atoms. The Kier molecular flexibility index (Phi) is 4.49. The van der Waals surface area contributed by atoms with E-state index >= 15 is 0 Å². The Morgan fingerprint density at radius 2 is 1.75 bits per heavy atom. The number of halogens is 3. The lowest BCUT2D eigenvalue weighted by Crippen LogP contribution is -2.26. The minimum Gasteiger partial charge on any atom is -0.346 e. The molecule has 0 heterocycles. The second-order valence-corrected chi connectivity index (χ2v) is 5.29. The molecule has 1 atom stereocenters. The fraction of sp³-hybridized carbons (Fsp3) is 0.133. The van der Waals surface area contributed by atoms with Gasteiger partial charge in [-0.05, 0) is 42.8 Å². The molecule has 0 bridgehead atoms. The van der Waals surface area contributed by atoms with Crippen molar-refractivity contribution >= 4 is 21.8 Å². The number of benzene rings is 2. The van der Waals surface area contributed by atoms with E-state index in [2.05, 4.69) is 21.2 Å². The van der Waals surface area contributed by atoms with Crippen LogP contribution < -0.4 is 5.32 Å².